The van der Waals surface area contributed by atoms with Crippen LogP contribution in [0.15, 0.2) is 0 Å². The molecule has 3 nitrogen and oxygen atoms in total. The van der Waals surface area contributed by atoms with Gasteiger partial charge in [-0.05, 0) is 38.9 Å². The maximum atomic E-state index is 4.89. The minimum absolute atomic E-state index is 0.529. The molecule has 20 heavy (non-hydrogen) atoms. The number of aromatic nitrogens is 1. The van der Waals surface area contributed by atoms with E-state index in [1.165, 1.54) is 60.9 Å². The maximum Gasteiger partial charge on any atom is 0.0944 e. The summed E-state index contributed by atoms with van der Waals surface area (Å²) >= 11 is 1.91. The molecule has 1 aromatic heterocycles. The van der Waals surface area contributed by atoms with Crippen molar-refractivity contribution < 1.29 is 0 Å². The first-order valence-electron chi connectivity index (χ1n) is 8.06. The summed E-state index contributed by atoms with van der Waals surface area (Å²) in [7, 11) is 2.01. The van der Waals surface area contributed by atoms with E-state index in [9.17, 15) is 0 Å². The molecule has 1 aromatic rings. The molecule has 1 aliphatic rings. The molecule has 114 valence electrons. The molecular weight excluding hydrogens is 266 g/mol. The molecule has 0 unspecified atom stereocenters. The zero-order chi connectivity index (χ0) is 14.4. The van der Waals surface area contributed by atoms with Gasteiger partial charge < -0.3 is 10.2 Å². The third kappa shape index (κ3) is 4.54. The Hall–Kier alpha value is -0.450. The van der Waals surface area contributed by atoms with Gasteiger partial charge in [-0.1, -0.05) is 26.7 Å². The van der Waals surface area contributed by atoms with Crippen molar-refractivity contribution in [1.29, 1.82) is 0 Å². The molecule has 1 fully saturated rings. The summed E-state index contributed by atoms with van der Waals surface area (Å²) in [5, 5.41) is 4.59. The Balaban J connectivity index is 1.93. The van der Waals surface area contributed by atoms with Gasteiger partial charge >= 0.3 is 0 Å². The predicted octanol–water partition coefficient (Wildman–Crippen LogP) is 3.40. The molecule has 1 N–H and O–H groups in total. The van der Waals surface area contributed by atoms with Gasteiger partial charge in [-0.15, -0.1) is 11.3 Å². The van der Waals surface area contributed by atoms with Gasteiger partial charge in [-0.3, -0.25) is 0 Å². The zero-order valence-electron chi connectivity index (χ0n) is 13.2. The number of thiazole rings is 1. The van der Waals surface area contributed by atoms with Gasteiger partial charge in [0.1, 0.15) is 0 Å². The lowest BCUT2D eigenvalue weighted by Crippen LogP contribution is -2.26. The Morgan fingerprint density at radius 3 is 2.50 bits per heavy atom. The number of likely N-dealkylation sites (tertiary alicyclic amines) is 1. The standard InChI is InChI=1S/C16H29N3S/c1-13(2)16-14(12-17-3)20-15(18-16)8-11-19-9-6-4-5-7-10-19/h13,17H,4-12H2,1-3H3. The summed E-state index contributed by atoms with van der Waals surface area (Å²) in [5.74, 6) is 0.529. The number of hydrogen-bond acceptors (Lipinski definition) is 4. The smallest absolute Gasteiger partial charge is 0.0944 e. The van der Waals surface area contributed by atoms with Crippen LogP contribution in [-0.2, 0) is 13.0 Å². The highest BCUT2D eigenvalue weighted by molar-refractivity contribution is 7.11. The Kier molecular flexibility index (Phi) is 6.46. The second kappa shape index (κ2) is 8.11. The molecule has 0 bridgehead atoms. The van der Waals surface area contributed by atoms with Gasteiger partial charge in [0, 0.05) is 24.4 Å². The molecule has 4 heteroatoms. The van der Waals surface area contributed by atoms with Crippen LogP contribution in [0.1, 0.15) is 61.0 Å². The SMILES string of the molecule is CNCc1sc(CCN2CCCCCC2)nc1C(C)C. The number of nitrogens with zero attached hydrogens (tertiary/aromatic N) is 2. The van der Waals surface area contributed by atoms with E-state index in [2.05, 4.69) is 24.1 Å². The third-order valence-electron chi connectivity index (χ3n) is 4.00. The normalized spacial score (nSPS) is 17.6. The van der Waals surface area contributed by atoms with Gasteiger partial charge in [0.2, 0.25) is 0 Å². The molecule has 0 spiro atoms. The molecule has 0 amide bonds. The minimum atomic E-state index is 0.529. The molecule has 1 aliphatic heterocycles. The van der Waals surface area contributed by atoms with Crippen molar-refractivity contribution in [3.63, 3.8) is 0 Å². The fraction of sp³-hybridized carbons (Fsp3) is 0.812. The molecule has 0 radical (unpaired) electrons. The number of nitrogens with one attached hydrogen (secondary N) is 1. The van der Waals surface area contributed by atoms with Crippen LogP contribution in [0.25, 0.3) is 0 Å². The van der Waals surface area contributed by atoms with Crippen molar-refractivity contribution in [2.24, 2.45) is 0 Å². The van der Waals surface area contributed by atoms with Crippen LogP contribution in [0.4, 0.5) is 0 Å². The van der Waals surface area contributed by atoms with Gasteiger partial charge in [0.25, 0.3) is 0 Å². The fourth-order valence-corrected chi connectivity index (χ4v) is 4.10. The Morgan fingerprint density at radius 2 is 1.90 bits per heavy atom. The molecular formula is C16H29N3S. The van der Waals surface area contributed by atoms with Gasteiger partial charge in [-0.2, -0.15) is 0 Å². The Morgan fingerprint density at radius 1 is 1.20 bits per heavy atom. The van der Waals surface area contributed by atoms with Gasteiger partial charge in [-0.25, -0.2) is 4.98 Å². The van der Waals surface area contributed by atoms with Crippen LogP contribution < -0.4 is 5.32 Å². The second-order valence-corrected chi connectivity index (χ2v) is 7.28. The van der Waals surface area contributed by atoms with E-state index < -0.39 is 0 Å². The first-order chi connectivity index (χ1) is 9.70. The summed E-state index contributed by atoms with van der Waals surface area (Å²) < 4.78 is 0. The summed E-state index contributed by atoms with van der Waals surface area (Å²) in [6.07, 6.45) is 6.70. The number of rotatable bonds is 6. The van der Waals surface area contributed by atoms with Crippen LogP contribution in [0, 0.1) is 0 Å². The van der Waals surface area contributed by atoms with Crippen LogP contribution in [0.2, 0.25) is 0 Å². The minimum Gasteiger partial charge on any atom is -0.315 e. The lowest BCUT2D eigenvalue weighted by atomic mass is 10.1. The summed E-state index contributed by atoms with van der Waals surface area (Å²) in [4.78, 5) is 8.94. The average molecular weight is 295 g/mol. The van der Waals surface area contributed by atoms with Crippen molar-refractivity contribution in [3.8, 4) is 0 Å². The van der Waals surface area contributed by atoms with Crippen molar-refractivity contribution in [2.45, 2.75) is 58.4 Å². The highest BCUT2D eigenvalue weighted by Gasteiger charge is 2.15. The summed E-state index contributed by atoms with van der Waals surface area (Å²) in [6.45, 7) is 9.19. The fourth-order valence-electron chi connectivity index (χ4n) is 2.87. The second-order valence-electron chi connectivity index (χ2n) is 6.11. The highest BCUT2D eigenvalue weighted by atomic mass is 32.1. The van der Waals surface area contributed by atoms with Gasteiger partial charge in [0.15, 0.2) is 0 Å². The van der Waals surface area contributed by atoms with Crippen molar-refractivity contribution >= 4 is 11.3 Å². The monoisotopic (exact) mass is 295 g/mol. The van der Waals surface area contributed by atoms with Crippen molar-refractivity contribution in [3.05, 3.63) is 15.6 Å². The van der Waals surface area contributed by atoms with Crippen LogP contribution in [0.5, 0.6) is 0 Å². The number of hydrogen-bond donors (Lipinski definition) is 1. The summed E-state index contributed by atoms with van der Waals surface area (Å²) in [6, 6.07) is 0. The van der Waals surface area contributed by atoms with E-state index in [0.717, 1.165) is 13.0 Å². The van der Waals surface area contributed by atoms with Crippen LogP contribution >= 0.6 is 11.3 Å². The maximum absolute atomic E-state index is 4.89. The lowest BCUT2D eigenvalue weighted by molar-refractivity contribution is 0.288. The first kappa shape index (κ1) is 15.9. The Bertz CT molecular complexity index is 392. The first-order valence-corrected chi connectivity index (χ1v) is 8.87. The molecule has 0 saturated carbocycles. The average Bonchev–Trinajstić information content (AvgIpc) is 2.66. The van der Waals surface area contributed by atoms with Crippen LogP contribution in [0.3, 0.4) is 0 Å². The molecule has 2 heterocycles. The van der Waals surface area contributed by atoms with E-state index in [-0.39, 0.29) is 0 Å². The van der Waals surface area contributed by atoms with E-state index in [4.69, 9.17) is 4.98 Å². The van der Waals surface area contributed by atoms with E-state index >= 15 is 0 Å². The van der Waals surface area contributed by atoms with Crippen molar-refractivity contribution in [1.82, 2.24) is 15.2 Å². The topological polar surface area (TPSA) is 28.2 Å². The molecule has 0 aromatic carbocycles. The predicted molar refractivity (Wildman–Crippen MR) is 87.6 cm³/mol. The van der Waals surface area contributed by atoms with Crippen LogP contribution in [-0.4, -0.2) is 36.6 Å². The van der Waals surface area contributed by atoms with Crippen molar-refractivity contribution in [2.75, 3.05) is 26.7 Å². The molecule has 0 atom stereocenters. The van der Waals surface area contributed by atoms with E-state index in [0.29, 0.717) is 5.92 Å². The summed E-state index contributed by atoms with van der Waals surface area (Å²) in [5.41, 5.74) is 1.30. The van der Waals surface area contributed by atoms with E-state index in [1.54, 1.807) is 0 Å². The van der Waals surface area contributed by atoms with E-state index in [1.807, 2.05) is 18.4 Å². The molecule has 2 rings (SSSR count). The van der Waals surface area contributed by atoms with Gasteiger partial charge in [0.05, 0.1) is 10.7 Å². The largest absolute Gasteiger partial charge is 0.315 e. The molecule has 1 saturated heterocycles. The zero-order valence-corrected chi connectivity index (χ0v) is 14.1. The third-order valence-corrected chi connectivity index (χ3v) is 5.13. The quantitative estimate of drug-likeness (QED) is 0.872. The lowest BCUT2D eigenvalue weighted by Gasteiger charge is -2.18. The molecule has 0 aliphatic carbocycles. The Labute approximate surface area is 127 Å². The highest BCUT2D eigenvalue weighted by Crippen LogP contribution is 2.25.